The van der Waals surface area contributed by atoms with E-state index in [-0.39, 0.29) is 6.54 Å². The lowest BCUT2D eigenvalue weighted by Crippen LogP contribution is -2.42. The summed E-state index contributed by atoms with van der Waals surface area (Å²) in [4.78, 5) is 51.9. The van der Waals surface area contributed by atoms with E-state index in [0.717, 1.165) is 16.0 Å². The number of halogens is 1. The van der Waals surface area contributed by atoms with Gasteiger partial charge in [-0.25, -0.2) is 9.69 Å². The Hall–Kier alpha value is -3.97. The van der Waals surface area contributed by atoms with E-state index in [1.54, 1.807) is 48.5 Å². The molecular formula is C25H20ClN3O4. The van der Waals surface area contributed by atoms with Crippen molar-refractivity contribution in [3.63, 3.8) is 0 Å². The third-order valence-electron chi connectivity index (χ3n) is 5.26. The van der Waals surface area contributed by atoms with Crippen molar-refractivity contribution in [1.29, 1.82) is 0 Å². The molecule has 33 heavy (non-hydrogen) atoms. The zero-order valence-corrected chi connectivity index (χ0v) is 18.2. The van der Waals surface area contributed by atoms with Gasteiger partial charge in [-0.15, -0.1) is 0 Å². The third kappa shape index (κ3) is 4.94. The maximum Gasteiger partial charge on any atom is 0.335 e. The van der Waals surface area contributed by atoms with Gasteiger partial charge in [-0.2, -0.15) is 0 Å². The fourth-order valence-corrected chi connectivity index (χ4v) is 3.73. The van der Waals surface area contributed by atoms with Crippen LogP contribution in [0.2, 0.25) is 5.02 Å². The summed E-state index contributed by atoms with van der Waals surface area (Å²) in [6, 6.07) is 23.8. The van der Waals surface area contributed by atoms with Crippen LogP contribution in [0.15, 0.2) is 84.9 Å². The highest BCUT2D eigenvalue weighted by Crippen LogP contribution is 2.24. The SMILES string of the molecule is O=C(CN1C(=O)C(=O)N(Cc2ccccc2)C1=O)NC(c1ccccc1)c1ccc(Cl)cc1. The average molecular weight is 462 g/mol. The van der Waals surface area contributed by atoms with Crippen molar-refractivity contribution >= 4 is 35.4 Å². The summed E-state index contributed by atoms with van der Waals surface area (Å²) in [5, 5.41) is 3.42. The van der Waals surface area contributed by atoms with Crippen molar-refractivity contribution < 1.29 is 19.2 Å². The first-order valence-electron chi connectivity index (χ1n) is 10.2. The van der Waals surface area contributed by atoms with Gasteiger partial charge < -0.3 is 5.32 Å². The Morgan fingerprint density at radius 3 is 1.94 bits per heavy atom. The van der Waals surface area contributed by atoms with Gasteiger partial charge in [-0.05, 0) is 28.8 Å². The van der Waals surface area contributed by atoms with E-state index in [1.165, 1.54) is 0 Å². The molecule has 0 bridgehead atoms. The molecule has 1 atom stereocenters. The minimum Gasteiger partial charge on any atom is -0.344 e. The molecule has 0 radical (unpaired) electrons. The predicted molar refractivity (Wildman–Crippen MR) is 122 cm³/mol. The van der Waals surface area contributed by atoms with Crippen molar-refractivity contribution in [2.45, 2.75) is 12.6 Å². The van der Waals surface area contributed by atoms with Crippen LogP contribution in [-0.2, 0) is 20.9 Å². The summed E-state index contributed by atoms with van der Waals surface area (Å²) in [5.74, 6) is -2.54. The van der Waals surface area contributed by atoms with E-state index in [1.807, 2.05) is 36.4 Å². The topological polar surface area (TPSA) is 86.8 Å². The van der Waals surface area contributed by atoms with Gasteiger partial charge in [0.25, 0.3) is 0 Å². The molecule has 1 aliphatic heterocycles. The largest absolute Gasteiger partial charge is 0.344 e. The molecule has 3 aromatic rings. The first-order chi connectivity index (χ1) is 15.9. The lowest BCUT2D eigenvalue weighted by molar-refractivity contribution is -0.144. The van der Waals surface area contributed by atoms with Crippen LogP contribution in [0, 0.1) is 0 Å². The number of nitrogens with zero attached hydrogens (tertiary/aromatic N) is 2. The minimum atomic E-state index is -1.02. The van der Waals surface area contributed by atoms with Crippen LogP contribution in [0.25, 0.3) is 0 Å². The number of benzene rings is 3. The number of urea groups is 1. The summed E-state index contributed by atoms with van der Waals surface area (Å²) in [5.41, 5.74) is 2.29. The molecule has 4 rings (SSSR count). The third-order valence-corrected chi connectivity index (χ3v) is 5.51. The Labute approximate surface area is 195 Å². The molecule has 0 aliphatic carbocycles. The number of hydrogen-bond donors (Lipinski definition) is 1. The summed E-state index contributed by atoms with van der Waals surface area (Å²) < 4.78 is 0. The van der Waals surface area contributed by atoms with Gasteiger partial charge in [-0.3, -0.25) is 19.3 Å². The number of amides is 5. The molecule has 0 spiro atoms. The monoisotopic (exact) mass is 461 g/mol. The van der Waals surface area contributed by atoms with Crippen molar-refractivity contribution in [1.82, 2.24) is 15.1 Å². The fraction of sp³-hybridized carbons (Fsp3) is 0.120. The molecule has 7 nitrogen and oxygen atoms in total. The Kier molecular flexibility index (Phi) is 6.51. The highest BCUT2D eigenvalue weighted by Gasteiger charge is 2.45. The first kappa shape index (κ1) is 22.2. The van der Waals surface area contributed by atoms with E-state index in [2.05, 4.69) is 5.32 Å². The molecule has 3 aromatic carbocycles. The van der Waals surface area contributed by atoms with Gasteiger partial charge in [0.15, 0.2) is 0 Å². The predicted octanol–water partition coefficient (Wildman–Crippen LogP) is 3.54. The van der Waals surface area contributed by atoms with Gasteiger partial charge >= 0.3 is 17.8 Å². The first-order valence-corrected chi connectivity index (χ1v) is 10.6. The number of rotatable bonds is 7. The normalized spacial score (nSPS) is 14.5. The second-order valence-electron chi connectivity index (χ2n) is 7.51. The van der Waals surface area contributed by atoms with Crippen LogP contribution in [0.4, 0.5) is 4.79 Å². The highest BCUT2D eigenvalue weighted by molar-refractivity contribution is 6.45. The zero-order chi connectivity index (χ0) is 23.4. The van der Waals surface area contributed by atoms with Crippen LogP contribution in [-0.4, -0.2) is 40.1 Å². The van der Waals surface area contributed by atoms with E-state index in [0.29, 0.717) is 15.5 Å². The lowest BCUT2D eigenvalue weighted by Gasteiger charge is -2.21. The van der Waals surface area contributed by atoms with Gasteiger partial charge in [0, 0.05) is 5.02 Å². The minimum absolute atomic E-state index is 0.0419. The average Bonchev–Trinajstić information content (AvgIpc) is 3.03. The molecule has 8 heteroatoms. The fourth-order valence-electron chi connectivity index (χ4n) is 3.61. The standard InChI is InChI=1S/C25H20ClN3O4/c26-20-13-11-19(12-14-20)22(18-9-5-2-6-10-18)27-21(30)16-29-24(32)23(31)28(25(29)33)15-17-7-3-1-4-8-17/h1-14,22H,15-16H2,(H,27,30). The number of nitrogens with one attached hydrogen (secondary N) is 1. The molecule has 1 saturated heterocycles. The Bertz CT molecular complexity index is 1180. The van der Waals surface area contributed by atoms with Gasteiger partial charge in [0.05, 0.1) is 12.6 Å². The maximum atomic E-state index is 12.9. The quantitative estimate of drug-likeness (QED) is 0.430. The number of carbonyl (C=O) groups is 4. The molecule has 0 aromatic heterocycles. The number of imide groups is 2. The van der Waals surface area contributed by atoms with Crippen molar-refractivity contribution in [2.75, 3.05) is 6.54 Å². The van der Waals surface area contributed by atoms with Crippen LogP contribution < -0.4 is 5.32 Å². The highest BCUT2D eigenvalue weighted by atomic mass is 35.5. The summed E-state index contributed by atoms with van der Waals surface area (Å²) >= 11 is 5.99. The molecule has 1 heterocycles. The molecule has 1 fully saturated rings. The second kappa shape index (κ2) is 9.67. The molecule has 1 unspecified atom stereocenters. The van der Waals surface area contributed by atoms with Crippen LogP contribution in [0.1, 0.15) is 22.7 Å². The molecule has 5 amide bonds. The van der Waals surface area contributed by atoms with Crippen LogP contribution in [0.3, 0.4) is 0 Å². The molecular weight excluding hydrogens is 442 g/mol. The van der Waals surface area contributed by atoms with E-state index in [4.69, 9.17) is 11.6 Å². The number of carbonyl (C=O) groups excluding carboxylic acids is 4. The molecule has 166 valence electrons. The maximum absolute atomic E-state index is 12.9. The van der Waals surface area contributed by atoms with Gasteiger partial charge in [0.1, 0.15) is 6.54 Å². The molecule has 0 saturated carbocycles. The summed E-state index contributed by atoms with van der Waals surface area (Å²) in [7, 11) is 0. The summed E-state index contributed by atoms with van der Waals surface area (Å²) in [6.07, 6.45) is 0. The second-order valence-corrected chi connectivity index (χ2v) is 7.95. The van der Waals surface area contributed by atoms with Crippen molar-refractivity contribution in [2.24, 2.45) is 0 Å². The van der Waals surface area contributed by atoms with Crippen LogP contribution >= 0.6 is 11.6 Å². The lowest BCUT2D eigenvalue weighted by atomic mass is 9.98. The van der Waals surface area contributed by atoms with Gasteiger partial charge in [-0.1, -0.05) is 84.4 Å². The summed E-state index contributed by atoms with van der Waals surface area (Å²) in [6.45, 7) is -0.606. The number of hydrogen-bond acceptors (Lipinski definition) is 4. The van der Waals surface area contributed by atoms with E-state index in [9.17, 15) is 19.2 Å². The molecule has 1 aliphatic rings. The van der Waals surface area contributed by atoms with E-state index >= 15 is 0 Å². The Morgan fingerprint density at radius 2 is 1.30 bits per heavy atom. The van der Waals surface area contributed by atoms with Gasteiger partial charge in [0.2, 0.25) is 5.91 Å². The Balaban J connectivity index is 1.50. The van der Waals surface area contributed by atoms with E-state index < -0.39 is 36.3 Å². The smallest absolute Gasteiger partial charge is 0.335 e. The zero-order valence-electron chi connectivity index (χ0n) is 17.5. The van der Waals surface area contributed by atoms with Crippen molar-refractivity contribution in [3.8, 4) is 0 Å². The van der Waals surface area contributed by atoms with Crippen molar-refractivity contribution in [3.05, 3.63) is 107 Å². The Morgan fingerprint density at radius 1 is 0.758 bits per heavy atom. The molecule has 1 N–H and O–H groups in total. The van der Waals surface area contributed by atoms with Crippen LogP contribution in [0.5, 0.6) is 0 Å².